The van der Waals surface area contributed by atoms with Crippen molar-refractivity contribution in [1.29, 1.82) is 0 Å². The molecule has 0 bridgehead atoms. The summed E-state index contributed by atoms with van der Waals surface area (Å²) in [6, 6.07) is -0.363. The fraction of sp³-hybridized carbons (Fsp3) is 0.818. The average Bonchev–Trinajstić information content (AvgIpc) is 2.09. The number of hydrogen-bond acceptors (Lipinski definition) is 3. The third-order valence-electron chi connectivity index (χ3n) is 2.87. The van der Waals surface area contributed by atoms with Crippen LogP contribution in [0.3, 0.4) is 0 Å². The second kappa shape index (κ2) is 4.75. The molecule has 0 saturated carbocycles. The van der Waals surface area contributed by atoms with Gasteiger partial charge in [-0.3, -0.25) is 14.5 Å². The van der Waals surface area contributed by atoms with Gasteiger partial charge in [0.1, 0.15) is 0 Å². The Labute approximate surface area is 90.3 Å². The molecule has 2 amide bonds. The molecular formula is C11H19NO3. The maximum atomic E-state index is 11.7. The highest BCUT2D eigenvalue weighted by atomic mass is 16.3. The van der Waals surface area contributed by atoms with Gasteiger partial charge >= 0.3 is 0 Å². The monoisotopic (exact) mass is 213 g/mol. The molecule has 4 heteroatoms. The summed E-state index contributed by atoms with van der Waals surface area (Å²) in [7, 11) is 0. The Bertz CT molecular complexity index is 245. The Morgan fingerprint density at radius 2 is 1.80 bits per heavy atom. The lowest BCUT2D eigenvalue weighted by atomic mass is 9.93. The summed E-state index contributed by atoms with van der Waals surface area (Å²) >= 11 is 0. The summed E-state index contributed by atoms with van der Waals surface area (Å²) in [5.41, 5.74) is 0. The maximum absolute atomic E-state index is 11.7. The third kappa shape index (κ3) is 2.56. The van der Waals surface area contributed by atoms with Crippen LogP contribution in [0.1, 0.15) is 33.6 Å². The summed E-state index contributed by atoms with van der Waals surface area (Å²) in [5.74, 6) is -0.0675. The van der Waals surface area contributed by atoms with Gasteiger partial charge in [0.25, 0.3) is 0 Å². The average molecular weight is 213 g/mol. The highest BCUT2D eigenvalue weighted by Gasteiger charge is 2.36. The number of rotatable bonds is 3. The fourth-order valence-electron chi connectivity index (χ4n) is 1.96. The molecule has 1 fully saturated rings. The molecule has 1 N–H and O–H groups in total. The van der Waals surface area contributed by atoms with E-state index in [1.807, 2.05) is 20.8 Å². The molecule has 0 unspecified atom stereocenters. The van der Waals surface area contributed by atoms with Gasteiger partial charge in [-0.1, -0.05) is 20.8 Å². The van der Waals surface area contributed by atoms with Crippen LogP contribution in [0.4, 0.5) is 0 Å². The number of amides is 2. The molecule has 86 valence electrons. The van der Waals surface area contributed by atoms with Gasteiger partial charge in [-0.05, 0) is 11.8 Å². The number of piperidine rings is 1. The summed E-state index contributed by atoms with van der Waals surface area (Å²) in [5, 5.41) is 9.20. The van der Waals surface area contributed by atoms with Gasteiger partial charge in [-0.2, -0.15) is 0 Å². The largest absolute Gasteiger partial charge is 0.394 e. The molecule has 0 radical (unpaired) electrons. The van der Waals surface area contributed by atoms with E-state index in [0.29, 0.717) is 12.8 Å². The molecule has 1 rings (SSSR count). The van der Waals surface area contributed by atoms with Gasteiger partial charge in [-0.25, -0.2) is 0 Å². The van der Waals surface area contributed by atoms with Crippen molar-refractivity contribution in [3.05, 3.63) is 0 Å². The minimum absolute atomic E-state index is 0.0938. The Morgan fingerprint density at radius 3 is 2.13 bits per heavy atom. The molecule has 1 atom stereocenters. The zero-order valence-electron chi connectivity index (χ0n) is 9.56. The van der Waals surface area contributed by atoms with Gasteiger partial charge in [0.05, 0.1) is 12.6 Å². The van der Waals surface area contributed by atoms with E-state index in [9.17, 15) is 14.7 Å². The van der Waals surface area contributed by atoms with E-state index < -0.39 is 0 Å². The Hall–Kier alpha value is -0.900. The molecule has 0 aliphatic carbocycles. The molecule has 1 saturated heterocycles. The molecule has 1 aliphatic rings. The van der Waals surface area contributed by atoms with E-state index in [1.54, 1.807) is 0 Å². The van der Waals surface area contributed by atoms with Gasteiger partial charge < -0.3 is 5.11 Å². The lowest BCUT2D eigenvalue weighted by Crippen LogP contribution is -2.52. The smallest absolute Gasteiger partial charge is 0.229 e. The molecule has 15 heavy (non-hydrogen) atoms. The minimum atomic E-state index is -0.363. The quantitative estimate of drug-likeness (QED) is 0.705. The highest BCUT2D eigenvalue weighted by Crippen LogP contribution is 2.23. The van der Waals surface area contributed by atoms with E-state index in [4.69, 9.17) is 0 Å². The first-order chi connectivity index (χ1) is 6.97. The molecule has 1 heterocycles. The molecule has 0 aromatic rings. The summed E-state index contributed by atoms with van der Waals surface area (Å²) in [4.78, 5) is 24.7. The van der Waals surface area contributed by atoms with Crippen LogP contribution >= 0.6 is 0 Å². The van der Waals surface area contributed by atoms with Gasteiger partial charge in [0.2, 0.25) is 11.8 Å². The van der Waals surface area contributed by atoms with Crippen LogP contribution in [-0.2, 0) is 9.59 Å². The number of nitrogens with zero attached hydrogens (tertiary/aromatic N) is 1. The number of hydrogen-bond donors (Lipinski definition) is 1. The Kier molecular flexibility index (Phi) is 3.85. The molecule has 1 aliphatic heterocycles. The van der Waals surface area contributed by atoms with E-state index in [1.165, 1.54) is 4.90 Å². The van der Waals surface area contributed by atoms with Crippen LogP contribution in [0.2, 0.25) is 0 Å². The van der Waals surface area contributed by atoms with Gasteiger partial charge in [0, 0.05) is 12.8 Å². The highest BCUT2D eigenvalue weighted by molar-refractivity contribution is 5.98. The first-order valence-electron chi connectivity index (χ1n) is 5.43. The second-order valence-electron chi connectivity index (χ2n) is 4.66. The van der Waals surface area contributed by atoms with Crippen LogP contribution in [-0.4, -0.2) is 34.5 Å². The molecule has 0 spiro atoms. The fourth-order valence-corrected chi connectivity index (χ4v) is 1.96. The van der Waals surface area contributed by atoms with Crippen LogP contribution in [0.25, 0.3) is 0 Å². The lowest BCUT2D eigenvalue weighted by Gasteiger charge is -2.35. The first kappa shape index (κ1) is 12.2. The number of imide groups is 1. The third-order valence-corrected chi connectivity index (χ3v) is 2.87. The maximum Gasteiger partial charge on any atom is 0.229 e. The van der Waals surface area contributed by atoms with E-state index in [0.717, 1.165) is 0 Å². The summed E-state index contributed by atoms with van der Waals surface area (Å²) in [6.07, 6.45) is 0.823. The number of aliphatic hydroxyl groups is 1. The normalized spacial score (nSPS) is 21.3. The van der Waals surface area contributed by atoms with Crippen molar-refractivity contribution in [2.45, 2.75) is 39.7 Å². The molecule has 4 nitrogen and oxygen atoms in total. The topological polar surface area (TPSA) is 57.6 Å². The first-order valence-corrected chi connectivity index (χ1v) is 5.43. The van der Waals surface area contributed by atoms with Crippen molar-refractivity contribution >= 4 is 11.8 Å². The summed E-state index contributed by atoms with van der Waals surface area (Å²) in [6.45, 7) is 5.55. The van der Waals surface area contributed by atoms with Crippen molar-refractivity contribution in [3.8, 4) is 0 Å². The van der Waals surface area contributed by atoms with Crippen molar-refractivity contribution in [2.75, 3.05) is 6.61 Å². The number of likely N-dealkylation sites (tertiary alicyclic amines) is 1. The van der Waals surface area contributed by atoms with Gasteiger partial charge in [0.15, 0.2) is 0 Å². The predicted octanol–water partition coefficient (Wildman–Crippen LogP) is 0.788. The number of carbonyl (C=O) groups is 2. The molecule has 0 aromatic heterocycles. The lowest BCUT2D eigenvalue weighted by molar-refractivity contribution is -0.155. The van der Waals surface area contributed by atoms with Crippen LogP contribution < -0.4 is 0 Å². The number of carbonyl (C=O) groups excluding carboxylic acids is 2. The summed E-state index contributed by atoms with van der Waals surface area (Å²) < 4.78 is 0. The SMILES string of the molecule is CC1CC(=O)N([C@@H](CO)C(C)C)C(=O)C1. The van der Waals surface area contributed by atoms with Crippen molar-refractivity contribution in [3.63, 3.8) is 0 Å². The van der Waals surface area contributed by atoms with Crippen molar-refractivity contribution in [2.24, 2.45) is 11.8 Å². The number of aliphatic hydroxyl groups excluding tert-OH is 1. The van der Waals surface area contributed by atoms with Gasteiger partial charge in [-0.15, -0.1) is 0 Å². The Balaban J connectivity index is 2.83. The molecular weight excluding hydrogens is 194 g/mol. The second-order valence-corrected chi connectivity index (χ2v) is 4.66. The van der Waals surface area contributed by atoms with E-state index in [2.05, 4.69) is 0 Å². The van der Waals surface area contributed by atoms with Crippen molar-refractivity contribution < 1.29 is 14.7 Å². The van der Waals surface area contributed by atoms with E-state index in [-0.39, 0.29) is 36.3 Å². The zero-order chi connectivity index (χ0) is 11.6. The standard InChI is InChI=1S/C11H19NO3/c1-7(2)9(6-13)12-10(14)4-8(3)5-11(12)15/h7-9,13H,4-6H2,1-3H3/t9-/m0/s1. The molecule has 0 aromatic carbocycles. The van der Waals surface area contributed by atoms with Crippen molar-refractivity contribution in [1.82, 2.24) is 4.90 Å². The van der Waals surface area contributed by atoms with Crippen LogP contribution in [0.15, 0.2) is 0 Å². The van der Waals surface area contributed by atoms with Crippen LogP contribution in [0.5, 0.6) is 0 Å². The Morgan fingerprint density at radius 1 is 1.33 bits per heavy atom. The zero-order valence-corrected chi connectivity index (χ0v) is 9.56. The van der Waals surface area contributed by atoms with Crippen LogP contribution in [0, 0.1) is 11.8 Å². The predicted molar refractivity (Wildman–Crippen MR) is 56.0 cm³/mol. The van der Waals surface area contributed by atoms with E-state index >= 15 is 0 Å². The minimum Gasteiger partial charge on any atom is -0.394 e.